The molecule has 1 aliphatic rings. The molecular weight excluding hydrogens is 268 g/mol. The number of nitrogens with zero attached hydrogens (tertiary/aromatic N) is 2. The van der Waals surface area contributed by atoms with Crippen LogP contribution in [0, 0.1) is 5.41 Å². The quantitative estimate of drug-likeness (QED) is 0.927. The van der Waals surface area contributed by atoms with Gasteiger partial charge in [-0.1, -0.05) is 25.1 Å². The molecule has 2 rings (SSSR count). The van der Waals surface area contributed by atoms with Crippen LogP contribution in [0.2, 0.25) is 0 Å². The molecule has 1 aromatic rings. The highest BCUT2D eigenvalue weighted by molar-refractivity contribution is 5.92. The molecule has 1 N–H and O–H groups in total. The summed E-state index contributed by atoms with van der Waals surface area (Å²) in [5.41, 5.74) is 0.0560. The lowest BCUT2D eigenvalue weighted by molar-refractivity contribution is -0.148. The highest BCUT2D eigenvalue weighted by Gasteiger charge is 2.45. The number of rotatable bonds is 4. The first-order valence-electron chi connectivity index (χ1n) is 7.39. The fraction of sp³-hybridized carbons (Fsp3) is 0.500. The lowest BCUT2D eigenvalue weighted by Crippen LogP contribution is -2.44. The van der Waals surface area contributed by atoms with Crippen molar-refractivity contribution in [2.24, 2.45) is 5.41 Å². The molecule has 0 aliphatic carbocycles. The van der Waals surface area contributed by atoms with Gasteiger partial charge < -0.3 is 10.0 Å². The molecule has 0 aromatic heterocycles. The number of urea groups is 1. The number of aliphatic carboxylic acids is 1. The molecule has 114 valence electrons. The molecule has 5 nitrogen and oxygen atoms in total. The van der Waals surface area contributed by atoms with Gasteiger partial charge in [-0.25, -0.2) is 4.79 Å². The number of carbonyl (C=O) groups excluding carboxylic acids is 1. The molecule has 21 heavy (non-hydrogen) atoms. The minimum atomic E-state index is -0.803. The molecule has 0 saturated carbocycles. The third kappa shape index (κ3) is 2.86. The summed E-state index contributed by atoms with van der Waals surface area (Å²) in [7, 11) is 0. The Hall–Kier alpha value is -2.04. The zero-order chi connectivity index (χ0) is 15.5. The van der Waals surface area contributed by atoms with E-state index in [1.807, 2.05) is 44.2 Å². The number of hydrogen-bond donors (Lipinski definition) is 1. The molecule has 1 fully saturated rings. The van der Waals surface area contributed by atoms with Gasteiger partial charge in [0.15, 0.2) is 0 Å². The van der Waals surface area contributed by atoms with Crippen LogP contribution < -0.4 is 4.90 Å². The topological polar surface area (TPSA) is 60.9 Å². The Kier molecular flexibility index (Phi) is 4.50. The Bertz CT molecular complexity index is 518. The van der Waals surface area contributed by atoms with Gasteiger partial charge >= 0.3 is 12.0 Å². The van der Waals surface area contributed by atoms with E-state index in [4.69, 9.17) is 0 Å². The van der Waals surface area contributed by atoms with Crippen molar-refractivity contribution in [2.45, 2.75) is 26.7 Å². The second-order valence-corrected chi connectivity index (χ2v) is 5.47. The number of amides is 2. The number of anilines is 1. The Labute approximate surface area is 125 Å². The van der Waals surface area contributed by atoms with Crippen molar-refractivity contribution in [3.63, 3.8) is 0 Å². The van der Waals surface area contributed by atoms with Crippen molar-refractivity contribution in [1.82, 2.24) is 4.90 Å². The fourth-order valence-corrected chi connectivity index (χ4v) is 2.86. The normalized spacial score (nSPS) is 21.3. The van der Waals surface area contributed by atoms with Crippen LogP contribution in [0.3, 0.4) is 0 Å². The van der Waals surface area contributed by atoms with E-state index in [9.17, 15) is 14.7 Å². The lowest BCUT2D eigenvalue weighted by Gasteiger charge is -2.28. The van der Waals surface area contributed by atoms with Gasteiger partial charge in [0, 0.05) is 25.3 Å². The van der Waals surface area contributed by atoms with Gasteiger partial charge in [0.2, 0.25) is 0 Å². The number of carbonyl (C=O) groups is 2. The van der Waals surface area contributed by atoms with Gasteiger partial charge in [-0.15, -0.1) is 0 Å². The summed E-state index contributed by atoms with van der Waals surface area (Å²) in [6.07, 6.45) is 1.07. The maximum Gasteiger partial charge on any atom is 0.324 e. The van der Waals surface area contributed by atoms with E-state index in [0.29, 0.717) is 32.5 Å². The number of para-hydroxylation sites is 1. The molecule has 1 atom stereocenters. The summed E-state index contributed by atoms with van der Waals surface area (Å²) in [6, 6.07) is 9.36. The van der Waals surface area contributed by atoms with Crippen LogP contribution >= 0.6 is 0 Å². The van der Waals surface area contributed by atoms with Crippen LogP contribution in [-0.4, -0.2) is 41.6 Å². The molecular formula is C16H22N2O3. The molecule has 0 bridgehead atoms. The van der Waals surface area contributed by atoms with Gasteiger partial charge in [-0.05, 0) is 31.9 Å². The van der Waals surface area contributed by atoms with Crippen molar-refractivity contribution >= 4 is 17.7 Å². The standard InChI is InChI=1S/C16H22N2O3/c1-3-16(14(19)20)10-11-17(12-16)15(21)18(4-2)13-8-6-5-7-9-13/h5-9H,3-4,10-12H2,1-2H3,(H,19,20). The van der Waals surface area contributed by atoms with E-state index in [1.165, 1.54) is 0 Å². The van der Waals surface area contributed by atoms with Crippen LogP contribution in [0.25, 0.3) is 0 Å². The van der Waals surface area contributed by atoms with Crippen LogP contribution in [-0.2, 0) is 4.79 Å². The van der Waals surface area contributed by atoms with E-state index < -0.39 is 11.4 Å². The molecule has 1 heterocycles. The minimum Gasteiger partial charge on any atom is -0.481 e. The predicted octanol–water partition coefficient (Wildman–Crippen LogP) is 2.82. The first kappa shape index (κ1) is 15.4. The Morgan fingerprint density at radius 3 is 2.43 bits per heavy atom. The monoisotopic (exact) mass is 290 g/mol. The third-order valence-corrected chi connectivity index (χ3v) is 4.37. The number of carboxylic acids is 1. The van der Waals surface area contributed by atoms with E-state index in [2.05, 4.69) is 0 Å². The molecule has 1 aromatic carbocycles. The van der Waals surface area contributed by atoms with E-state index in [0.717, 1.165) is 5.69 Å². The highest BCUT2D eigenvalue weighted by atomic mass is 16.4. The van der Waals surface area contributed by atoms with Crippen molar-refractivity contribution in [1.29, 1.82) is 0 Å². The minimum absolute atomic E-state index is 0.111. The number of hydrogen-bond acceptors (Lipinski definition) is 2. The number of likely N-dealkylation sites (tertiary alicyclic amines) is 1. The van der Waals surface area contributed by atoms with Crippen molar-refractivity contribution in [3.05, 3.63) is 30.3 Å². The van der Waals surface area contributed by atoms with E-state index >= 15 is 0 Å². The van der Waals surface area contributed by atoms with Crippen LogP contribution in [0.15, 0.2) is 30.3 Å². The van der Waals surface area contributed by atoms with Crippen LogP contribution in [0.5, 0.6) is 0 Å². The summed E-state index contributed by atoms with van der Waals surface area (Å²) in [5.74, 6) is -0.803. The first-order valence-corrected chi connectivity index (χ1v) is 7.39. The van der Waals surface area contributed by atoms with E-state index in [1.54, 1.807) is 9.80 Å². The van der Waals surface area contributed by atoms with Gasteiger partial charge in [0.1, 0.15) is 0 Å². The van der Waals surface area contributed by atoms with Gasteiger partial charge in [0.25, 0.3) is 0 Å². The average Bonchev–Trinajstić information content (AvgIpc) is 2.95. The molecule has 0 spiro atoms. The summed E-state index contributed by atoms with van der Waals surface area (Å²) in [4.78, 5) is 27.5. The zero-order valence-electron chi connectivity index (χ0n) is 12.6. The van der Waals surface area contributed by atoms with Crippen molar-refractivity contribution < 1.29 is 14.7 Å². The lowest BCUT2D eigenvalue weighted by atomic mass is 9.84. The van der Waals surface area contributed by atoms with Gasteiger partial charge in [0.05, 0.1) is 5.41 Å². The number of carboxylic acid groups (broad SMARTS) is 1. The maximum absolute atomic E-state index is 12.7. The smallest absolute Gasteiger partial charge is 0.324 e. The summed E-state index contributed by atoms with van der Waals surface area (Å²) in [5, 5.41) is 9.42. The highest BCUT2D eigenvalue weighted by Crippen LogP contribution is 2.35. The predicted molar refractivity (Wildman–Crippen MR) is 81.4 cm³/mol. The molecule has 5 heteroatoms. The van der Waals surface area contributed by atoms with E-state index in [-0.39, 0.29) is 6.03 Å². The fourth-order valence-electron chi connectivity index (χ4n) is 2.86. The average molecular weight is 290 g/mol. The molecule has 1 saturated heterocycles. The summed E-state index contributed by atoms with van der Waals surface area (Å²) in [6.45, 7) is 5.15. The summed E-state index contributed by atoms with van der Waals surface area (Å²) >= 11 is 0. The SMILES string of the molecule is CCN(C(=O)N1CCC(CC)(C(=O)O)C1)c1ccccc1. The third-order valence-electron chi connectivity index (χ3n) is 4.37. The van der Waals surface area contributed by atoms with Crippen LogP contribution in [0.4, 0.5) is 10.5 Å². The number of benzene rings is 1. The molecule has 1 unspecified atom stereocenters. The molecule has 1 aliphatic heterocycles. The second-order valence-electron chi connectivity index (χ2n) is 5.47. The van der Waals surface area contributed by atoms with Crippen molar-refractivity contribution in [3.8, 4) is 0 Å². The Morgan fingerprint density at radius 1 is 1.29 bits per heavy atom. The maximum atomic E-state index is 12.7. The van der Waals surface area contributed by atoms with Gasteiger partial charge in [-0.3, -0.25) is 9.69 Å². The van der Waals surface area contributed by atoms with Crippen LogP contribution in [0.1, 0.15) is 26.7 Å². The van der Waals surface area contributed by atoms with Crippen molar-refractivity contribution in [2.75, 3.05) is 24.5 Å². The van der Waals surface area contributed by atoms with Gasteiger partial charge in [-0.2, -0.15) is 0 Å². The Balaban J connectivity index is 2.15. The Morgan fingerprint density at radius 2 is 1.95 bits per heavy atom. The second kappa shape index (κ2) is 6.16. The molecule has 2 amide bonds. The zero-order valence-corrected chi connectivity index (χ0v) is 12.6. The molecule has 0 radical (unpaired) electrons. The summed E-state index contributed by atoms with van der Waals surface area (Å²) < 4.78 is 0. The largest absolute Gasteiger partial charge is 0.481 e. The first-order chi connectivity index (χ1) is 10.0.